The van der Waals surface area contributed by atoms with E-state index >= 15 is 0 Å². The van der Waals surface area contributed by atoms with E-state index in [2.05, 4.69) is 20.5 Å². The molecule has 0 atom stereocenters. The summed E-state index contributed by atoms with van der Waals surface area (Å²) in [5.74, 6) is 0.430. The first kappa shape index (κ1) is 18.8. The zero-order chi connectivity index (χ0) is 21.0. The molecular formula is C20H15ClF3N5O. The number of alkyl halides is 3. The van der Waals surface area contributed by atoms with Crippen molar-refractivity contribution in [1.82, 2.24) is 20.1 Å². The van der Waals surface area contributed by atoms with E-state index in [1.165, 1.54) is 6.07 Å². The number of H-pyrrole nitrogens is 2. The van der Waals surface area contributed by atoms with Crippen LogP contribution in [0.2, 0.25) is 5.02 Å². The maximum Gasteiger partial charge on any atom is 0.417 e. The molecule has 3 N–H and O–H groups in total. The smallest absolute Gasteiger partial charge is 0.357 e. The standard InChI is InChI=1S/C20H15ClF3N5O/c21-14-8-16-12(7-13(14)20(22,23)24)10-5-6-29(9-17(10)25-16)19(30)26-18-11-3-1-2-4-15(11)27-28-18/h1-4,7-8,25H,5-6,9H2,(H2,26,27,28,30). The summed E-state index contributed by atoms with van der Waals surface area (Å²) in [7, 11) is 0. The third-order valence-corrected chi connectivity index (χ3v) is 5.66. The van der Waals surface area contributed by atoms with Gasteiger partial charge in [0, 0.05) is 28.5 Å². The summed E-state index contributed by atoms with van der Waals surface area (Å²) in [5, 5.41) is 10.7. The zero-order valence-corrected chi connectivity index (χ0v) is 16.2. The Hall–Kier alpha value is -3.20. The Morgan fingerprint density at radius 1 is 1.17 bits per heavy atom. The highest BCUT2D eigenvalue weighted by atomic mass is 35.5. The first-order chi connectivity index (χ1) is 14.3. The van der Waals surface area contributed by atoms with Crippen LogP contribution in [0.3, 0.4) is 0 Å². The zero-order valence-electron chi connectivity index (χ0n) is 15.4. The maximum absolute atomic E-state index is 13.2. The average molecular weight is 434 g/mol. The van der Waals surface area contributed by atoms with E-state index in [-0.39, 0.29) is 17.6 Å². The quantitative estimate of drug-likeness (QED) is 0.380. The van der Waals surface area contributed by atoms with E-state index in [0.29, 0.717) is 35.4 Å². The molecule has 0 saturated carbocycles. The number of hydrogen-bond donors (Lipinski definition) is 3. The van der Waals surface area contributed by atoms with Crippen LogP contribution in [-0.2, 0) is 19.1 Å². The monoisotopic (exact) mass is 433 g/mol. The summed E-state index contributed by atoms with van der Waals surface area (Å²) in [6.45, 7) is 0.620. The summed E-state index contributed by atoms with van der Waals surface area (Å²) in [5.41, 5.74) is 1.96. The Morgan fingerprint density at radius 2 is 1.97 bits per heavy atom. The van der Waals surface area contributed by atoms with Gasteiger partial charge in [0.25, 0.3) is 0 Å². The number of nitrogens with one attached hydrogen (secondary N) is 3. The molecule has 0 radical (unpaired) electrons. The molecule has 2 aromatic heterocycles. The molecule has 0 bridgehead atoms. The number of urea groups is 1. The Morgan fingerprint density at radius 3 is 2.77 bits per heavy atom. The van der Waals surface area contributed by atoms with Crippen molar-refractivity contribution in [2.75, 3.05) is 11.9 Å². The normalized spacial score (nSPS) is 14.3. The number of carbonyl (C=O) groups excluding carboxylic acids is 1. The van der Waals surface area contributed by atoms with Crippen molar-refractivity contribution in [3.8, 4) is 0 Å². The molecule has 2 amide bonds. The van der Waals surface area contributed by atoms with Gasteiger partial charge in [-0.2, -0.15) is 18.3 Å². The number of anilines is 1. The van der Waals surface area contributed by atoms with Gasteiger partial charge in [0.05, 0.1) is 22.6 Å². The van der Waals surface area contributed by atoms with Gasteiger partial charge in [0.15, 0.2) is 5.82 Å². The summed E-state index contributed by atoms with van der Waals surface area (Å²) >= 11 is 5.83. The van der Waals surface area contributed by atoms with Gasteiger partial charge in [-0.15, -0.1) is 0 Å². The molecule has 1 aliphatic heterocycles. The van der Waals surface area contributed by atoms with Crippen LogP contribution in [0.4, 0.5) is 23.8 Å². The van der Waals surface area contributed by atoms with Crippen molar-refractivity contribution in [1.29, 1.82) is 0 Å². The van der Waals surface area contributed by atoms with Crippen LogP contribution in [0.1, 0.15) is 16.8 Å². The van der Waals surface area contributed by atoms with Crippen LogP contribution in [0.15, 0.2) is 36.4 Å². The molecular weight excluding hydrogens is 419 g/mol. The minimum absolute atomic E-state index is 0.247. The molecule has 5 rings (SSSR count). The number of aromatic nitrogens is 3. The van der Waals surface area contributed by atoms with Gasteiger partial charge >= 0.3 is 12.2 Å². The first-order valence-corrected chi connectivity index (χ1v) is 9.58. The largest absolute Gasteiger partial charge is 0.417 e. The minimum atomic E-state index is -4.53. The van der Waals surface area contributed by atoms with E-state index in [9.17, 15) is 18.0 Å². The van der Waals surface area contributed by atoms with Crippen molar-refractivity contribution in [2.45, 2.75) is 19.1 Å². The third-order valence-electron chi connectivity index (χ3n) is 5.35. The van der Waals surface area contributed by atoms with Crippen LogP contribution in [-0.4, -0.2) is 32.7 Å². The van der Waals surface area contributed by atoms with E-state index in [4.69, 9.17) is 11.6 Å². The van der Waals surface area contributed by atoms with Crippen molar-refractivity contribution >= 4 is 45.3 Å². The van der Waals surface area contributed by atoms with Crippen molar-refractivity contribution in [3.63, 3.8) is 0 Å². The Labute approximate surface area is 173 Å². The predicted molar refractivity (Wildman–Crippen MR) is 108 cm³/mol. The van der Waals surface area contributed by atoms with Gasteiger partial charge in [-0.1, -0.05) is 23.7 Å². The molecule has 6 nitrogen and oxygen atoms in total. The minimum Gasteiger partial charge on any atom is -0.357 e. The fraction of sp³-hybridized carbons (Fsp3) is 0.200. The third kappa shape index (κ3) is 3.06. The second kappa shape index (κ2) is 6.66. The summed E-state index contributed by atoms with van der Waals surface area (Å²) in [4.78, 5) is 17.5. The Kier molecular flexibility index (Phi) is 4.18. The Balaban J connectivity index is 1.42. The van der Waals surface area contributed by atoms with Gasteiger partial charge in [-0.3, -0.25) is 10.4 Å². The molecule has 0 fully saturated rings. The SMILES string of the molecule is O=C(Nc1n[nH]c2ccccc12)N1CCc2c([nH]c3cc(Cl)c(C(F)(F)F)cc23)C1. The number of para-hydroxylation sites is 1. The summed E-state index contributed by atoms with van der Waals surface area (Å²) < 4.78 is 39.6. The number of amides is 2. The lowest BCUT2D eigenvalue weighted by atomic mass is 10.0. The molecule has 154 valence electrons. The molecule has 0 aliphatic carbocycles. The number of carbonyl (C=O) groups is 1. The molecule has 0 saturated heterocycles. The van der Waals surface area contributed by atoms with Crippen LogP contribution >= 0.6 is 11.6 Å². The predicted octanol–water partition coefficient (Wildman–Crippen LogP) is 5.31. The molecule has 2 aromatic carbocycles. The molecule has 10 heteroatoms. The number of rotatable bonds is 1. The molecule has 30 heavy (non-hydrogen) atoms. The number of benzene rings is 2. The first-order valence-electron chi connectivity index (χ1n) is 9.20. The lowest BCUT2D eigenvalue weighted by Crippen LogP contribution is -2.38. The van der Waals surface area contributed by atoms with Crippen LogP contribution in [0, 0.1) is 0 Å². The van der Waals surface area contributed by atoms with Crippen molar-refractivity contribution in [2.24, 2.45) is 0 Å². The van der Waals surface area contributed by atoms with Crippen molar-refractivity contribution < 1.29 is 18.0 Å². The summed E-state index contributed by atoms with van der Waals surface area (Å²) in [6.07, 6.45) is -4.09. The molecule has 3 heterocycles. The van der Waals surface area contributed by atoms with Gasteiger partial charge in [0.1, 0.15) is 0 Å². The molecule has 4 aromatic rings. The van der Waals surface area contributed by atoms with Gasteiger partial charge in [0.2, 0.25) is 0 Å². The van der Waals surface area contributed by atoms with Gasteiger partial charge in [-0.25, -0.2) is 4.79 Å². The van der Waals surface area contributed by atoms with Gasteiger partial charge in [-0.05, 0) is 36.2 Å². The number of halogens is 4. The lowest BCUT2D eigenvalue weighted by molar-refractivity contribution is -0.137. The average Bonchev–Trinajstić information content (AvgIpc) is 3.26. The summed E-state index contributed by atoms with van der Waals surface area (Å²) in [6, 6.07) is 9.47. The second-order valence-electron chi connectivity index (χ2n) is 7.18. The highest BCUT2D eigenvalue weighted by molar-refractivity contribution is 6.32. The highest BCUT2D eigenvalue weighted by Gasteiger charge is 2.34. The van der Waals surface area contributed by atoms with Gasteiger partial charge < -0.3 is 9.88 Å². The second-order valence-corrected chi connectivity index (χ2v) is 7.58. The number of nitrogens with zero attached hydrogens (tertiary/aromatic N) is 2. The lowest BCUT2D eigenvalue weighted by Gasteiger charge is -2.27. The number of hydrogen-bond acceptors (Lipinski definition) is 2. The number of aromatic amines is 2. The topological polar surface area (TPSA) is 76.8 Å². The van der Waals surface area contributed by atoms with Crippen LogP contribution in [0.25, 0.3) is 21.8 Å². The van der Waals surface area contributed by atoms with E-state index < -0.39 is 11.7 Å². The fourth-order valence-corrected chi connectivity index (χ4v) is 4.16. The van der Waals surface area contributed by atoms with Crippen LogP contribution in [0.5, 0.6) is 0 Å². The van der Waals surface area contributed by atoms with E-state index in [0.717, 1.165) is 22.5 Å². The molecule has 0 spiro atoms. The fourth-order valence-electron chi connectivity index (χ4n) is 3.89. The van der Waals surface area contributed by atoms with E-state index in [1.807, 2.05) is 24.3 Å². The van der Waals surface area contributed by atoms with E-state index in [1.54, 1.807) is 4.90 Å². The van der Waals surface area contributed by atoms with Crippen LogP contribution < -0.4 is 5.32 Å². The van der Waals surface area contributed by atoms with Crippen molar-refractivity contribution in [3.05, 3.63) is 58.2 Å². The number of fused-ring (bicyclic) bond motifs is 4. The maximum atomic E-state index is 13.2. The Bertz CT molecular complexity index is 1290. The molecule has 1 aliphatic rings. The highest BCUT2D eigenvalue weighted by Crippen LogP contribution is 2.39. The molecule has 0 unspecified atom stereocenters.